The topological polar surface area (TPSA) is 75.7 Å². The predicted molar refractivity (Wildman–Crippen MR) is 97.3 cm³/mol. The molecule has 1 aromatic heterocycles. The van der Waals surface area contributed by atoms with E-state index in [0.29, 0.717) is 17.1 Å². The summed E-state index contributed by atoms with van der Waals surface area (Å²) in [5.41, 5.74) is 5.09. The number of hydrazone groups is 1. The van der Waals surface area contributed by atoms with Crippen molar-refractivity contribution in [3.63, 3.8) is 0 Å². The number of hydrogen-bond acceptors (Lipinski definition) is 4. The predicted octanol–water partition coefficient (Wildman–Crippen LogP) is 2.88. The lowest BCUT2D eigenvalue weighted by Crippen LogP contribution is -2.19. The Labute approximate surface area is 145 Å². The maximum absolute atomic E-state index is 12.1. The number of nitrogens with one attached hydrogen (secondary N) is 2. The number of H-pyrrole nitrogens is 1. The minimum atomic E-state index is -0.204. The molecular weight excluding hydrogens is 318 g/mol. The van der Waals surface area contributed by atoms with Crippen LogP contribution in [0.1, 0.15) is 11.3 Å². The molecular formula is C19H19N3O3. The molecule has 3 aromatic rings. The van der Waals surface area contributed by atoms with Crippen molar-refractivity contribution in [1.82, 2.24) is 10.4 Å². The van der Waals surface area contributed by atoms with E-state index in [1.807, 2.05) is 42.5 Å². The number of methoxy groups -OCH3 is 2. The van der Waals surface area contributed by atoms with Gasteiger partial charge < -0.3 is 14.5 Å². The molecule has 3 rings (SSSR count). The van der Waals surface area contributed by atoms with Gasteiger partial charge in [0.05, 0.1) is 26.9 Å². The molecule has 6 nitrogen and oxygen atoms in total. The van der Waals surface area contributed by atoms with E-state index >= 15 is 0 Å². The molecule has 0 bridgehead atoms. The van der Waals surface area contributed by atoms with Crippen LogP contribution >= 0.6 is 0 Å². The lowest BCUT2D eigenvalue weighted by atomic mass is 10.2. The molecule has 2 N–H and O–H groups in total. The zero-order valence-electron chi connectivity index (χ0n) is 14.1. The Morgan fingerprint density at radius 1 is 1.16 bits per heavy atom. The van der Waals surface area contributed by atoms with E-state index in [1.165, 1.54) is 6.21 Å². The number of para-hydroxylation sites is 2. The van der Waals surface area contributed by atoms with E-state index in [1.54, 1.807) is 20.3 Å². The number of carbonyl (C=O) groups excluding carboxylic acids is 1. The van der Waals surface area contributed by atoms with Crippen molar-refractivity contribution >= 4 is 23.0 Å². The molecule has 0 unspecified atom stereocenters. The smallest absolute Gasteiger partial charge is 0.245 e. The molecule has 0 saturated carbocycles. The summed E-state index contributed by atoms with van der Waals surface area (Å²) in [5.74, 6) is 0.971. The van der Waals surface area contributed by atoms with Crippen molar-refractivity contribution in [2.24, 2.45) is 5.10 Å². The Morgan fingerprint density at radius 2 is 2.00 bits per heavy atom. The number of amides is 1. The van der Waals surface area contributed by atoms with Gasteiger partial charge in [-0.05, 0) is 29.7 Å². The summed E-state index contributed by atoms with van der Waals surface area (Å²) < 4.78 is 10.6. The second-order valence-electron chi connectivity index (χ2n) is 5.43. The molecule has 0 saturated heterocycles. The van der Waals surface area contributed by atoms with Crippen LogP contribution in [0.15, 0.2) is 53.6 Å². The normalized spacial score (nSPS) is 11.0. The quantitative estimate of drug-likeness (QED) is 0.536. The van der Waals surface area contributed by atoms with Crippen molar-refractivity contribution in [2.75, 3.05) is 14.2 Å². The van der Waals surface area contributed by atoms with E-state index in [4.69, 9.17) is 9.47 Å². The third-order valence-corrected chi connectivity index (χ3v) is 3.76. The van der Waals surface area contributed by atoms with Crippen molar-refractivity contribution < 1.29 is 14.3 Å². The van der Waals surface area contributed by atoms with Gasteiger partial charge in [-0.3, -0.25) is 4.79 Å². The number of nitrogens with zero attached hydrogens (tertiary/aromatic N) is 1. The molecule has 0 radical (unpaired) electrons. The largest absolute Gasteiger partial charge is 0.493 e. The van der Waals surface area contributed by atoms with Crippen LogP contribution in [0, 0.1) is 0 Å². The molecule has 0 atom stereocenters. The highest BCUT2D eigenvalue weighted by Crippen LogP contribution is 2.29. The molecule has 0 aliphatic rings. The maximum atomic E-state index is 12.1. The fourth-order valence-electron chi connectivity index (χ4n) is 2.63. The molecule has 0 fully saturated rings. The van der Waals surface area contributed by atoms with Gasteiger partial charge in [-0.25, -0.2) is 5.43 Å². The lowest BCUT2D eigenvalue weighted by Gasteiger charge is -2.09. The average molecular weight is 337 g/mol. The lowest BCUT2D eigenvalue weighted by molar-refractivity contribution is -0.120. The van der Waals surface area contributed by atoms with Gasteiger partial charge in [0.2, 0.25) is 5.91 Å². The van der Waals surface area contributed by atoms with E-state index in [2.05, 4.69) is 15.5 Å². The molecule has 0 aliphatic heterocycles. The van der Waals surface area contributed by atoms with E-state index in [9.17, 15) is 4.79 Å². The highest BCUT2D eigenvalue weighted by atomic mass is 16.5. The van der Waals surface area contributed by atoms with E-state index in [-0.39, 0.29) is 12.3 Å². The Hall–Kier alpha value is -3.28. The van der Waals surface area contributed by atoms with Gasteiger partial charge in [0, 0.05) is 16.8 Å². The molecule has 0 spiro atoms. The van der Waals surface area contributed by atoms with Crippen LogP contribution in [-0.2, 0) is 11.2 Å². The molecule has 6 heteroatoms. The van der Waals surface area contributed by atoms with Crippen LogP contribution < -0.4 is 14.9 Å². The Balaban J connectivity index is 1.65. The van der Waals surface area contributed by atoms with Crippen molar-refractivity contribution in [1.29, 1.82) is 0 Å². The third-order valence-electron chi connectivity index (χ3n) is 3.76. The zero-order chi connectivity index (χ0) is 17.6. The van der Waals surface area contributed by atoms with Crippen LogP contribution in [0.4, 0.5) is 0 Å². The van der Waals surface area contributed by atoms with Crippen LogP contribution in [0.2, 0.25) is 0 Å². The average Bonchev–Trinajstić information content (AvgIpc) is 3.03. The standard InChI is InChI=1S/C19H19N3O3/c1-24-17-9-5-7-14(19(17)25-2)12-20-22-18(23)11-15-10-13-6-3-4-8-16(13)21-15/h3-10,12,21H,11H2,1-2H3,(H,22,23)/b20-12+. The number of fused-ring (bicyclic) bond motifs is 1. The fraction of sp³-hybridized carbons (Fsp3) is 0.158. The summed E-state index contributed by atoms with van der Waals surface area (Å²) in [5, 5.41) is 5.08. The summed E-state index contributed by atoms with van der Waals surface area (Å²) >= 11 is 0. The summed E-state index contributed by atoms with van der Waals surface area (Å²) in [7, 11) is 3.13. The van der Waals surface area contributed by atoms with Crippen LogP contribution in [0.25, 0.3) is 10.9 Å². The van der Waals surface area contributed by atoms with Crippen molar-refractivity contribution in [3.05, 3.63) is 59.8 Å². The molecule has 2 aromatic carbocycles. The van der Waals surface area contributed by atoms with Gasteiger partial charge in [-0.2, -0.15) is 5.10 Å². The first-order chi connectivity index (χ1) is 12.2. The number of ether oxygens (including phenoxy) is 2. The van der Waals surface area contributed by atoms with Crippen LogP contribution in [-0.4, -0.2) is 31.3 Å². The van der Waals surface area contributed by atoms with Crippen LogP contribution in [0.5, 0.6) is 11.5 Å². The van der Waals surface area contributed by atoms with E-state index in [0.717, 1.165) is 16.6 Å². The molecule has 1 amide bonds. The number of aromatic nitrogens is 1. The Kier molecular flexibility index (Phi) is 4.99. The first-order valence-electron chi connectivity index (χ1n) is 7.81. The summed E-state index contributed by atoms with van der Waals surface area (Å²) in [6.07, 6.45) is 1.76. The molecule has 25 heavy (non-hydrogen) atoms. The summed E-state index contributed by atoms with van der Waals surface area (Å²) in [6, 6.07) is 15.3. The Morgan fingerprint density at radius 3 is 2.76 bits per heavy atom. The zero-order valence-corrected chi connectivity index (χ0v) is 14.1. The minimum absolute atomic E-state index is 0.204. The van der Waals surface area contributed by atoms with Gasteiger partial charge in [0.25, 0.3) is 0 Å². The number of aromatic amines is 1. The van der Waals surface area contributed by atoms with Gasteiger partial charge in [0.1, 0.15) is 0 Å². The van der Waals surface area contributed by atoms with Crippen molar-refractivity contribution in [2.45, 2.75) is 6.42 Å². The maximum Gasteiger partial charge on any atom is 0.245 e. The number of carbonyl (C=O) groups is 1. The number of hydrogen-bond donors (Lipinski definition) is 2. The van der Waals surface area contributed by atoms with Crippen LogP contribution in [0.3, 0.4) is 0 Å². The second-order valence-corrected chi connectivity index (χ2v) is 5.43. The first-order valence-corrected chi connectivity index (χ1v) is 7.81. The monoisotopic (exact) mass is 337 g/mol. The van der Waals surface area contributed by atoms with Gasteiger partial charge >= 0.3 is 0 Å². The highest BCUT2D eigenvalue weighted by Gasteiger charge is 2.08. The SMILES string of the molecule is COc1cccc(/C=N/NC(=O)Cc2cc3ccccc3[nH]2)c1OC. The van der Waals surface area contributed by atoms with Crippen molar-refractivity contribution in [3.8, 4) is 11.5 Å². The summed E-state index contributed by atoms with van der Waals surface area (Å²) in [4.78, 5) is 15.3. The number of benzene rings is 2. The summed E-state index contributed by atoms with van der Waals surface area (Å²) in [6.45, 7) is 0. The third kappa shape index (κ3) is 3.80. The Bertz CT molecular complexity index is 882. The number of rotatable bonds is 6. The van der Waals surface area contributed by atoms with Gasteiger partial charge in [-0.15, -0.1) is 0 Å². The van der Waals surface area contributed by atoms with Gasteiger partial charge in [-0.1, -0.05) is 24.3 Å². The minimum Gasteiger partial charge on any atom is -0.493 e. The second kappa shape index (κ2) is 7.53. The highest BCUT2D eigenvalue weighted by molar-refractivity contribution is 5.87. The molecule has 1 heterocycles. The van der Waals surface area contributed by atoms with E-state index < -0.39 is 0 Å². The fourth-order valence-corrected chi connectivity index (χ4v) is 2.63. The molecule has 128 valence electrons. The first kappa shape index (κ1) is 16.6. The molecule has 0 aliphatic carbocycles. The van der Waals surface area contributed by atoms with Gasteiger partial charge in [0.15, 0.2) is 11.5 Å².